The molecule has 0 amide bonds. The molecule has 1 atom stereocenters. The number of rotatable bonds is 4. The number of benzene rings is 1. The molecular weight excluding hydrogens is 322 g/mol. The van der Waals surface area contributed by atoms with Crippen LogP contribution in [0.5, 0.6) is 0 Å². The monoisotopic (exact) mass is 349 g/mol. The number of likely N-dealkylation sites (tertiary alicyclic amines) is 1. The Morgan fingerprint density at radius 1 is 0.958 bits per heavy atom. The third kappa shape index (κ3) is 3.38. The largest absolute Gasteiger partial charge is 0.298 e. The summed E-state index contributed by atoms with van der Waals surface area (Å²) in [4.78, 5) is 2.50. The molecule has 1 aromatic rings. The van der Waals surface area contributed by atoms with E-state index >= 15 is 0 Å². The number of hydrogen-bond donors (Lipinski definition) is 1. The summed E-state index contributed by atoms with van der Waals surface area (Å²) in [6.07, 6.45) is 6.18. The molecule has 0 unspecified atom stereocenters. The summed E-state index contributed by atoms with van der Waals surface area (Å²) in [6, 6.07) is 9.27. The van der Waals surface area contributed by atoms with Crippen LogP contribution in [0.1, 0.15) is 36.8 Å². The number of piperidine rings is 1. The summed E-state index contributed by atoms with van der Waals surface area (Å²) in [5.41, 5.74) is 2.92. The van der Waals surface area contributed by atoms with Gasteiger partial charge >= 0.3 is 0 Å². The fourth-order valence-corrected chi connectivity index (χ4v) is 5.94. The molecule has 0 bridgehead atoms. The van der Waals surface area contributed by atoms with E-state index in [1.54, 1.807) is 4.31 Å². The molecule has 0 aromatic heterocycles. The van der Waals surface area contributed by atoms with E-state index in [9.17, 15) is 8.42 Å². The highest BCUT2D eigenvalue weighted by Gasteiger charge is 2.33. The molecular formula is C18H27N3O2S. The van der Waals surface area contributed by atoms with Gasteiger partial charge in [-0.3, -0.25) is 4.90 Å². The third-order valence-electron chi connectivity index (χ3n) is 5.72. The van der Waals surface area contributed by atoms with Crippen LogP contribution in [0.4, 0.5) is 0 Å². The van der Waals surface area contributed by atoms with Crippen LogP contribution in [0.2, 0.25) is 0 Å². The quantitative estimate of drug-likeness (QED) is 0.897. The molecule has 132 valence electrons. The van der Waals surface area contributed by atoms with Gasteiger partial charge in [0.2, 0.25) is 0 Å². The average Bonchev–Trinajstić information content (AvgIpc) is 3.24. The van der Waals surface area contributed by atoms with Crippen molar-refractivity contribution in [2.75, 3.05) is 26.2 Å². The topological polar surface area (TPSA) is 52.7 Å². The van der Waals surface area contributed by atoms with Crippen LogP contribution in [-0.4, -0.2) is 55.9 Å². The molecule has 5 nitrogen and oxygen atoms in total. The summed E-state index contributed by atoms with van der Waals surface area (Å²) < 4.78 is 29.6. The molecule has 0 spiro atoms. The predicted molar refractivity (Wildman–Crippen MR) is 95.1 cm³/mol. The molecule has 1 aliphatic carbocycles. The van der Waals surface area contributed by atoms with Crippen LogP contribution in [-0.2, 0) is 23.1 Å². The molecule has 2 fully saturated rings. The van der Waals surface area contributed by atoms with Gasteiger partial charge in [-0.05, 0) is 56.2 Å². The normalized spacial score (nSPS) is 26.8. The van der Waals surface area contributed by atoms with E-state index in [0.717, 1.165) is 51.6 Å². The Kier molecular flexibility index (Phi) is 4.64. The Bertz CT molecular complexity index is 660. The minimum atomic E-state index is -3.30. The van der Waals surface area contributed by atoms with Crippen LogP contribution >= 0.6 is 0 Å². The molecule has 0 saturated carbocycles. The highest BCUT2D eigenvalue weighted by Crippen LogP contribution is 2.27. The molecule has 6 heteroatoms. The van der Waals surface area contributed by atoms with Crippen LogP contribution in [0.15, 0.2) is 24.3 Å². The van der Waals surface area contributed by atoms with Gasteiger partial charge in [0.15, 0.2) is 0 Å². The summed E-state index contributed by atoms with van der Waals surface area (Å²) in [5, 5.41) is 0. The van der Waals surface area contributed by atoms with E-state index in [4.69, 9.17) is 0 Å². The molecule has 1 N–H and O–H groups in total. The first-order valence-corrected chi connectivity index (χ1v) is 10.6. The Balaban J connectivity index is 1.38. The standard InChI is InChI=1S/C18H27N3O2S/c22-24(23,21-10-3-4-11-21)19-17-8-5-9-20(14-17)18-12-15-6-1-2-7-16(15)13-18/h1-2,6-7,17-19H,3-5,8-14H2/t17-/m1/s1. The molecule has 1 aromatic carbocycles. The lowest BCUT2D eigenvalue weighted by atomic mass is 10.0. The first-order valence-electron chi connectivity index (χ1n) is 9.20. The zero-order valence-electron chi connectivity index (χ0n) is 14.2. The Hall–Kier alpha value is -0.950. The Labute approximate surface area is 145 Å². The Morgan fingerprint density at radius 3 is 2.29 bits per heavy atom. The molecule has 2 saturated heterocycles. The first-order chi connectivity index (χ1) is 11.6. The summed E-state index contributed by atoms with van der Waals surface area (Å²) in [7, 11) is -3.30. The van der Waals surface area contributed by atoms with Gasteiger partial charge in [-0.1, -0.05) is 24.3 Å². The third-order valence-corrected chi connectivity index (χ3v) is 7.40. The van der Waals surface area contributed by atoms with E-state index in [2.05, 4.69) is 33.9 Å². The van der Waals surface area contributed by atoms with Gasteiger partial charge in [-0.15, -0.1) is 0 Å². The lowest BCUT2D eigenvalue weighted by Crippen LogP contribution is -2.53. The van der Waals surface area contributed by atoms with E-state index in [-0.39, 0.29) is 6.04 Å². The highest BCUT2D eigenvalue weighted by molar-refractivity contribution is 7.87. The van der Waals surface area contributed by atoms with Crippen molar-refractivity contribution >= 4 is 10.2 Å². The summed E-state index contributed by atoms with van der Waals surface area (Å²) in [5.74, 6) is 0. The van der Waals surface area contributed by atoms with E-state index in [1.807, 2.05) is 0 Å². The predicted octanol–water partition coefficient (Wildman–Crippen LogP) is 1.55. The molecule has 0 radical (unpaired) electrons. The van der Waals surface area contributed by atoms with Crippen molar-refractivity contribution in [3.05, 3.63) is 35.4 Å². The smallest absolute Gasteiger partial charge is 0.279 e. The van der Waals surface area contributed by atoms with Crippen molar-refractivity contribution in [1.82, 2.24) is 13.9 Å². The van der Waals surface area contributed by atoms with Crippen LogP contribution < -0.4 is 4.72 Å². The minimum Gasteiger partial charge on any atom is -0.298 e. The van der Waals surface area contributed by atoms with Gasteiger partial charge in [0.25, 0.3) is 10.2 Å². The molecule has 2 heterocycles. The van der Waals surface area contributed by atoms with Crippen LogP contribution in [0.3, 0.4) is 0 Å². The maximum atomic E-state index is 12.5. The number of nitrogens with one attached hydrogen (secondary N) is 1. The number of fused-ring (bicyclic) bond motifs is 1. The Morgan fingerprint density at radius 2 is 1.62 bits per heavy atom. The van der Waals surface area contributed by atoms with Gasteiger partial charge in [0.05, 0.1) is 0 Å². The van der Waals surface area contributed by atoms with E-state index in [1.165, 1.54) is 11.1 Å². The SMILES string of the molecule is O=S(=O)(N[C@@H]1CCCN(C2Cc3ccccc3C2)C1)N1CCCC1. The van der Waals surface area contributed by atoms with Crippen molar-refractivity contribution < 1.29 is 8.42 Å². The molecule has 3 aliphatic rings. The van der Waals surface area contributed by atoms with E-state index in [0.29, 0.717) is 19.1 Å². The van der Waals surface area contributed by atoms with Crippen molar-refractivity contribution in [2.45, 2.75) is 50.6 Å². The second-order valence-electron chi connectivity index (χ2n) is 7.39. The molecule has 24 heavy (non-hydrogen) atoms. The van der Waals surface area contributed by atoms with Gasteiger partial charge in [0.1, 0.15) is 0 Å². The van der Waals surface area contributed by atoms with Crippen LogP contribution in [0, 0.1) is 0 Å². The fraction of sp³-hybridized carbons (Fsp3) is 0.667. The zero-order valence-corrected chi connectivity index (χ0v) is 15.0. The second-order valence-corrected chi connectivity index (χ2v) is 9.10. The maximum absolute atomic E-state index is 12.5. The van der Waals surface area contributed by atoms with E-state index < -0.39 is 10.2 Å². The lowest BCUT2D eigenvalue weighted by molar-refractivity contribution is 0.147. The maximum Gasteiger partial charge on any atom is 0.279 e. The lowest BCUT2D eigenvalue weighted by Gasteiger charge is -2.37. The number of nitrogens with zero attached hydrogens (tertiary/aromatic N) is 2. The van der Waals surface area contributed by atoms with Crippen molar-refractivity contribution in [3.8, 4) is 0 Å². The molecule has 4 rings (SSSR count). The summed E-state index contributed by atoms with van der Waals surface area (Å²) in [6.45, 7) is 3.26. The summed E-state index contributed by atoms with van der Waals surface area (Å²) >= 11 is 0. The molecule has 2 aliphatic heterocycles. The van der Waals surface area contributed by atoms with Crippen molar-refractivity contribution in [2.24, 2.45) is 0 Å². The number of hydrogen-bond acceptors (Lipinski definition) is 3. The van der Waals surface area contributed by atoms with Crippen molar-refractivity contribution in [1.29, 1.82) is 0 Å². The average molecular weight is 350 g/mol. The fourth-order valence-electron chi connectivity index (χ4n) is 4.44. The first kappa shape index (κ1) is 16.5. The van der Waals surface area contributed by atoms with Gasteiger partial charge < -0.3 is 0 Å². The van der Waals surface area contributed by atoms with Gasteiger partial charge in [-0.2, -0.15) is 17.4 Å². The minimum absolute atomic E-state index is 0.0491. The highest BCUT2D eigenvalue weighted by atomic mass is 32.2. The van der Waals surface area contributed by atoms with Gasteiger partial charge in [-0.25, -0.2) is 0 Å². The van der Waals surface area contributed by atoms with Crippen molar-refractivity contribution in [3.63, 3.8) is 0 Å². The zero-order chi connectivity index (χ0) is 16.6. The van der Waals surface area contributed by atoms with Gasteiger partial charge in [0, 0.05) is 31.7 Å². The second kappa shape index (κ2) is 6.75. The van der Waals surface area contributed by atoms with Crippen LogP contribution in [0.25, 0.3) is 0 Å².